The number of anilines is 1. The Hall–Kier alpha value is -3.12. The maximum absolute atomic E-state index is 12.8. The van der Waals surface area contributed by atoms with E-state index < -0.39 is 0 Å². The van der Waals surface area contributed by atoms with Gasteiger partial charge >= 0.3 is 0 Å². The van der Waals surface area contributed by atoms with Crippen LogP contribution in [0.5, 0.6) is 5.75 Å². The molecule has 0 unspecified atom stereocenters. The molecule has 1 aliphatic rings. The highest BCUT2D eigenvalue weighted by Crippen LogP contribution is 2.26. The molecule has 0 spiro atoms. The third kappa shape index (κ3) is 3.76. The van der Waals surface area contributed by atoms with Gasteiger partial charge in [0.2, 0.25) is 0 Å². The van der Waals surface area contributed by atoms with Gasteiger partial charge in [-0.1, -0.05) is 6.07 Å². The van der Waals surface area contributed by atoms with Gasteiger partial charge in [-0.25, -0.2) is 4.98 Å². The number of H-pyrrole nitrogens is 1. The van der Waals surface area contributed by atoms with Gasteiger partial charge in [-0.05, 0) is 60.9 Å². The molecule has 0 atom stereocenters. The molecular formula is C23H26N4O2. The van der Waals surface area contributed by atoms with Crippen molar-refractivity contribution in [2.45, 2.75) is 33.4 Å². The molecule has 0 bridgehead atoms. The number of benzene rings is 2. The molecule has 4 rings (SSSR count). The number of nitrogens with zero attached hydrogens (tertiary/aromatic N) is 2. The quantitative estimate of drug-likeness (QED) is 0.669. The highest BCUT2D eigenvalue weighted by atomic mass is 16.5. The van der Waals surface area contributed by atoms with E-state index in [1.165, 1.54) is 11.1 Å². The number of nitrogens with one attached hydrogen (secondary N) is 1. The summed E-state index contributed by atoms with van der Waals surface area (Å²) in [5.41, 5.74) is 12.6. The van der Waals surface area contributed by atoms with Crippen molar-refractivity contribution in [1.82, 2.24) is 14.9 Å². The van der Waals surface area contributed by atoms with E-state index in [4.69, 9.17) is 15.5 Å². The van der Waals surface area contributed by atoms with Crippen molar-refractivity contribution in [3.63, 3.8) is 0 Å². The van der Waals surface area contributed by atoms with E-state index in [1.807, 2.05) is 30.3 Å². The van der Waals surface area contributed by atoms with Crippen LogP contribution in [0, 0.1) is 13.8 Å². The summed E-state index contributed by atoms with van der Waals surface area (Å²) in [4.78, 5) is 22.7. The number of methoxy groups -OCH3 is 1. The first kappa shape index (κ1) is 19.2. The van der Waals surface area contributed by atoms with Crippen LogP contribution in [0.25, 0.3) is 11.4 Å². The number of rotatable bonds is 4. The van der Waals surface area contributed by atoms with Gasteiger partial charge in [-0.15, -0.1) is 0 Å². The summed E-state index contributed by atoms with van der Waals surface area (Å²) in [6.45, 7) is 6.48. The number of fused-ring (bicyclic) bond motifs is 1. The van der Waals surface area contributed by atoms with E-state index in [0.29, 0.717) is 18.1 Å². The summed E-state index contributed by atoms with van der Waals surface area (Å²) < 4.78 is 5.41. The third-order valence-corrected chi connectivity index (χ3v) is 5.80. The molecule has 0 radical (unpaired) electrons. The molecule has 0 saturated carbocycles. The van der Waals surface area contributed by atoms with Crippen LogP contribution in [-0.4, -0.2) is 28.5 Å². The molecule has 0 amide bonds. The lowest BCUT2D eigenvalue weighted by molar-refractivity contribution is 0.241. The minimum absolute atomic E-state index is 0.0610. The van der Waals surface area contributed by atoms with Crippen LogP contribution in [0.15, 0.2) is 41.2 Å². The molecular weight excluding hydrogens is 364 g/mol. The van der Waals surface area contributed by atoms with Gasteiger partial charge in [-0.2, -0.15) is 0 Å². The Kier molecular flexibility index (Phi) is 5.11. The Morgan fingerprint density at radius 2 is 1.90 bits per heavy atom. The molecule has 0 fully saturated rings. The maximum Gasteiger partial charge on any atom is 0.255 e. The SMILES string of the molecule is COc1ccc(CN2CCc3nc(-c4ccc(N)cc4)[nH]c(=O)c3C2)c(C)c1C. The second-order valence-electron chi connectivity index (χ2n) is 7.60. The number of hydrogen-bond donors (Lipinski definition) is 2. The van der Waals surface area contributed by atoms with Crippen LogP contribution >= 0.6 is 0 Å². The fourth-order valence-corrected chi connectivity index (χ4v) is 3.88. The second-order valence-corrected chi connectivity index (χ2v) is 7.60. The van der Waals surface area contributed by atoms with Crippen molar-refractivity contribution >= 4 is 5.69 Å². The Morgan fingerprint density at radius 1 is 1.14 bits per heavy atom. The van der Waals surface area contributed by atoms with Gasteiger partial charge in [0.1, 0.15) is 11.6 Å². The molecule has 2 aromatic carbocycles. The van der Waals surface area contributed by atoms with E-state index >= 15 is 0 Å². The van der Waals surface area contributed by atoms with Crippen molar-refractivity contribution in [2.24, 2.45) is 0 Å². The average Bonchev–Trinajstić information content (AvgIpc) is 2.72. The van der Waals surface area contributed by atoms with Crippen LogP contribution in [0.4, 0.5) is 5.69 Å². The number of ether oxygens (including phenoxy) is 1. The molecule has 29 heavy (non-hydrogen) atoms. The predicted octanol–water partition coefficient (Wildman–Crippen LogP) is 3.20. The van der Waals surface area contributed by atoms with Gasteiger partial charge < -0.3 is 15.5 Å². The molecule has 6 nitrogen and oxygen atoms in total. The van der Waals surface area contributed by atoms with E-state index in [1.54, 1.807) is 7.11 Å². The minimum atomic E-state index is -0.0610. The van der Waals surface area contributed by atoms with Crippen LogP contribution < -0.4 is 16.0 Å². The Morgan fingerprint density at radius 3 is 2.62 bits per heavy atom. The highest BCUT2D eigenvalue weighted by molar-refractivity contribution is 5.58. The summed E-state index contributed by atoms with van der Waals surface area (Å²) in [7, 11) is 1.70. The summed E-state index contributed by atoms with van der Waals surface area (Å²) in [5, 5.41) is 0. The van der Waals surface area contributed by atoms with Crippen LogP contribution in [0.2, 0.25) is 0 Å². The van der Waals surface area contributed by atoms with Gasteiger partial charge in [0.05, 0.1) is 18.4 Å². The molecule has 1 aliphatic heterocycles. The highest BCUT2D eigenvalue weighted by Gasteiger charge is 2.22. The minimum Gasteiger partial charge on any atom is -0.496 e. The number of hydrogen-bond acceptors (Lipinski definition) is 5. The van der Waals surface area contributed by atoms with Gasteiger partial charge in [0.15, 0.2) is 0 Å². The van der Waals surface area contributed by atoms with Crippen LogP contribution in [0.1, 0.15) is 27.9 Å². The fraction of sp³-hybridized carbons (Fsp3) is 0.304. The smallest absolute Gasteiger partial charge is 0.255 e. The topological polar surface area (TPSA) is 84.2 Å². The number of aromatic nitrogens is 2. The van der Waals surface area contributed by atoms with Crippen molar-refractivity contribution in [3.8, 4) is 17.1 Å². The van der Waals surface area contributed by atoms with Crippen molar-refractivity contribution in [3.05, 3.63) is 74.7 Å². The molecule has 6 heteroatoms. The molecule has 0 saturated heterocycles. The normalized spacial score (nSPS) is 13.9. The van der Waals surface area contributed by atoms with Gasteiger partial charge in [0, 0.05) is 37.3 Å². The lowest BCUT2D eigenvalue weighted by Gasteiger charge is -2.28. The Labute approximate surface area is 170 Å². The van der Waals surface area contributed by atoms with E-state index in [9.17, 15) is 4.79 Å². The van der Waals surface area contributed by atoms with Crippen LogP contribution in [-0.2, 0) is 19.5 Å². The predicted molar refractivity (Wildman–Crippen MR) is 115 cm³/mol. The van der Waals surface area contributed by atoms with Gasteiger partial charge in [0.25, 0.3) is 5.56 Å². The Bertz CT molecular complexity index is 1100. The summed E-state index contributed by atoms with van der Waals surface area (Å²) in [6, 6.07) is 11.5. The molecule has 1 aromatic heterocycles. The summed E-state index contributed by atoms with van der Waals surface area (Å²) in [6.07, 6.45) is 0.759. The largest absolute Gasteiger partial charge is 0.496 e. The zero-order valence-corrected chi connectivity index (χ0v) is 17.1. The first-order valence-electron chi connectivity index (χ1n) is 9.79. The first-order valence-corrected chi connectivity index (χ1v) is 9.79. The van der Waals surface area contributed by atoms with Crippen molar-refractivity contribution < 1.29 is 4.74 Å². The molecule has 0 aliphatic carbocycles. The molecule has 3 N–H and O–H groups in total. The average molecular weight is 390 g/mol. The first-order chi connectivity index (χ1) is 14.0. The second kappa shape index (κ2) is 7.72. The lowest BCUT2D eigenvalue weighted by Crippen LogP contribution is -2.35. The number of nitrogens with two attached hydrogens (primary N) is 1. The van der Waals surface area contributed by atoms with E-state index in [-0.39, 0.29) is 5.56 Å². The molecule has 3 aromatic rings. The molecule has 150 valence electrons. The van der Waals surface area contributed by atoms with Crippen LogP contribution in [0.3, 0.4) is 0 Å². The fourth-order valence-electron chi connectivity index (χ4n) is 3.88. The standard InChI is InChI=1S/C23H26N4O2/c1-14-15(2)21(29-3)9-6-17(14)12-27-11-10-20-19(13-27)23(28)26-22(25-20)16-4-7-18(24)8-5-16/h4-9H,10-13,24H2,1-3H3,(H,25,26,28). The maximum atomic E-state index is 12.8. The zero-order valence-electron chi connectivity index (χ0n) is 17.1. The zero-order chi connectivity index (χ0) is 20.5. The molecule has 2 heterocycles. The summed E-state index contributed by atoms with van der Waals surface area (Å²) >= 11 is 0. The van der Waals surface area contributed by atoms with Gasteiger partial charge in [-0.3, -0.25) is 9.69 Å². The Balaban J connectivity index is 1.57. The summed E-state index contributed by atoms with van der Waals surface area (Å²) in [5.74, 6) is 1.51. The lowest BCUT2D eigenvalue weighted by atomic mass is 10.00. The van der Waals surface area contributed by atoms with Crippen molar-refractivity contribution in [2.75, 3.05) is 19.4 Å². The number of aromatic amines is 1. The van der Waals surface area contributed by atoms with Crippen molar-refractivity contribution in [1.29, 1.82) is 0 Å². The number of nitrogen functional groups attached to an aromatic ring is 1. The monoisotopic (exact) mass is 390 g/mol. The van der Waals surface area contributed by atoms with E-state index in [2.05, 4.69) is 29.8 Å². The third-order valence-electron chi connectivity index (χ3n) is 5.80. The van der Waals surface area contributed by atoms with E-state index in [0.717, 1.165) is 47.6 Å².